The van der Waals surface area contributed by atoms with Gasteiger partial charge in [0, 0.05) is 24.9 Å². The van der Waals surface area contributed by atoms with E-state index in [1.807, 2.05) is 61.5 Å². The first-order chi connectivity index (χ1) is 16.0. The second-order valence-corrected chi connectivity index (χ2v) is 8.65. The predicted octanol–water partition coefficient (Wildman–Crippen LogP) is 4.77. The summed E-state index contributed by atoms with van der Waals surface area (Å²) in [5.74, 6) is -1.06. The molecule has 0 aromatic heterocycles. The van der Waals surface area contributed by atoms with Crippen molar-refractivity contribution in [1.82, 2.24) is 4.90 Å². The summed E-state index contributed by atoms with van der Waals surface area (Å²) in [5, 5.41) is 9.04. The molecule has 1 aliphatic carbocycles. The molecular formula is C26H30N2O5. The molecule has 1 saturated carbocycles. The molecule has 3 unspecified atom stereocenters. The molecule has 2 aromatic carbocycles. The highest BCUT2D eigenvalue weighted by Crippen LogP contribution is 2.50. The molecule has 7 nitrogen and oxygen atoms in total. The van der Waals surface area contributed by atoms with Crippen LogP contribution in [0.3, 0.4) is 0 Å². The molecule has 0 spiro atoms. The summed E-state index contributed by atoms with van der Waals surface area (Å²) < 4.78 is 5.71. The van der Waals surface area contributed by atoms with Crippen molar-refractivity contribution in [2.24, 2.45) is 5.92 Å². The van der Waals surface area contributed by atoms with E-state index in [0.29, 0.717) is 6.54 Å². The van der Waals surface area contributed by atoms with Crippen LogP contribution in [0.1, 0.15) is 56.2 Å². The van der Waals surface area contributed by atoms with E-state index in [1.165, 1.54) is 0 Å². The van der Waals surface area contributed by atoms with Crippen molar-refractivity contribution < 1.29 is 24.2 Å². The fourth-order valence-electron chi connectivity index (χ4n) is 5.33. The Labute approximate surface area is 193 Å². The van der Waals surface area contributed by atoms with Crippen LogP contribution in [0.5, 0.6) is 0 Å². The van der Waals surface area contributed by atoms with Crippen LogP contribution >= 0.6 is 0 Å². The van der Waals surface area contributed by atoms with Crippen molar-refractivity contribution in [3.8, 4) is 0 Å². The van der Waals surface area contributed by atoms with E-state index < -0.39 is 5.97 Å². The number of para-hydroxylation sites is 1. The number of hydrogen-bond acceptors (Lipinski definition) is 4. The second kappa shape index (κ2) is 10.1. The Hall–Kier alpha value is -3.35. The van der Waals surface area contributed by atoms with E-state index in [9.17, 15) is 14.4 Å². The van der Waals surface area contributed by atoms with E-state index >= 15 is 0 Å². The van der Waals surface area contributed by atoms with Gasteiger partial charge in [-0.1, -0.05) is 55.0 Å². The number of carbonyl (C=O) groups is 3. The summed E-state index contributed by atoms with van der Waals surface area (Å²) in [6.07, 6.45) is 2.12. The lowest BCUT2D eigenvalue weighted by Crippen LogP contribution is -2.52. The topological polar surface area (TPSA) is 87.2 Å². The number of carboxylic acid groups (broad SMARTS) is 1. The number of hydrogen-bond donors (Lipinski definition) is 1. The van der Waals surface area contributed by atoms with Gasteiger partial charge in [0.1, 0.15) is 6.61 Å². The smallest absolute Gasteiger partial charge is 0.414 e. The summed E-state index contributed by atoms with van der Waals surface area (Å²) >= 11 is 0. The number of anilines is 1. The normalized spacial score (nSPS) is 21.1. The number of rotatable bonds is 7. The number of ether oxygens (including phenoxy) is 1. The van der Waals surface area contributed by atoms with Gasteiger partial charge in [-0.25, -0.2) is 4.79 Å². The van der Waals surface area contributed by atoms with Crippen molar-refractivity contribution in [2.75, 3.05) is 11.4 Å². The summed E-state index contributed by atoms with van der Waals surface area (Å²) in [4.78, 5) is 40.9. The standard InChI is InChI=1S/C26H30N2O5/c1-2-27(23(29)15-16-24(30)31)25-19-11-6-7-13-21(19)28(22-14-8-12-20(22)25)26(32)33-17-18-9-4-3-5-10-18/h3-7,9-11,13,20,22,25H,2,8,12,14-17H2,1H3,(H,30,31). The van der Waals surface area contributed by atoms with Crippen molar-refractivity contribution in [2.45, 2.75) is 57.7 Å². The fourth-order valence-corrected chi connectivity index (χ4v) is 5.33. The lowest BCUT2D eigenvalue weighted by atomic mass is 9.81. The van der Waals surface area contributed by atoms with Gasteiger partial charge in [-0.15, -0.1) is 0 Å². The predicted molar refractivity (Wildman–Crippen MR) is 124 cm³/mol. The molecule has 7 heteroatoms. The Balaban J connectivity index is 1.63. The number of nitrogens with zero attached hydrogens (tertiary/aromatic N) is 2. The third kappa shape index (κ3) is 4.72. The average molecular weight is 451 g/mol. The number of benzene rings is 2. The molecule has 1 fully saturated rings. The molecule has 1 aliphatic heterocycles. The fraction of sp³-hybridized carbons (Fsp3) is 0.423. The summed E-state index contributed by atoms with van der Waals surface area (Å²) in [6, 6.07) is 17.1. The van der Waals surface area contributed by atoms with E-state index in [4.69, 9.17) is 9.84 Å². The molecule has 0 bridgehead atoms. The highest BCUT2D eigenvalue weighted by molar-refractivity contribution is 5.91. The Morgan fingerprint density at radius 3 is 2.48 bits per heavy atom. The molecule has 2 aromatic rings. The van der Waals surface area contributed by atoms with Gasteiger partial charge in [0.2, 0.25) is 5.91 Å². The number of amides is 2. The SMILES string of the molecule is CCN(C(=O)CCC(=O)O)C1c2ccccc2N(C(=O)OCc2ccccc2)C2CCCC12. The van der Waals surface area contributed by atoms with Crippen LogP contribution in [-0.2, 0) is 20.9 Å². The summed E-state index contributed by atoms with van der Waals surface area (Å²) in [5.41, 5.74) is 2.62. The van der Waals surface area contributed by atoms with E-state index in [1.54, 1.807) is 9.80 Å². The maximum atomic E-state index is 13.3. The first kappa shape index (κ1) is 22.8. The minimum atomic E-state index is -0.977. The third-order valence-corrected chi connectivity index (χ3v) is 6.74. The first-order valence-corrected chi connectivity index (χ1v) is 11.6. The molecule has 1 heterocycles. The number of fused-ring (bicyclic) bond motifs is 2. The van der Waals surface area contributed by atoms with Crippen LogP contribution in [0, 0.1) is 5.92 Å². The third-order valence-electron chi connectivity index (χ3n) is 6.74. The van der Waals surface area contributed by atoms with Crippen LogP contribution in [-0.4, -0.2) is 40.6 Å². The van der Waals surface area contributed by atoms with Crippen molar-refractivity contribution in [1.29, 1.82) is 0 Å². The van der Waals surface area contributed by atoms with Gasteiger partial charge in [-0.05, 0) is 37.0 Å². The number of aliphatic carboxylic acids is 1. The van der Waals surface area contributed by atoms with Crippen LogP contribution in [0.4, 0.5) is 10.5 Å². The Bertz CT molecular complexity index is 1010. The van der Waals surface area contributed by atoms with E-state index in [2.05, 4.69) is 0 Å². The highest BCUT2D eigenvalue weighted by Gasteiger charge is 2.48. The molecule has 2 aliphatic rings. The molecule has 3 atom stereocenters. The van der Waals surface area contributed by atoms with E-state index in [-0.39, 0.29) is 49.5 Å². The van der Waals surface area contributed by atoms with Crippen LogP contribution in [0.15, 0.2) is 54.6 Å². The minimum absolute atomic E-state index is 0.0257. The van der Waals surface area contributed by atoms with Crippen LogP contribution < -0.4 is 4.90 Å². The van der Waals surface area contributed by atoms with Gasteiger partial charge in [0.15, 0.2) is 0 Å². The highest BCUT2D eigenvalue weighted by atomic mass is 16.6. The largest absolute Gasteiger partial charge is 0.481 e. The summed E-state index contributed by atoms with van der Waals surface area (Å²) in [7, 11) is 0. The molecule has 1 N–H and O–H groups in total. The molecule has 174 valence electrons. The monoisotopic (exact) mass is 450 g/mol. The van der Waals surface area contributed by atoms with Gasteiger partial charge in [0.05, 0.1) is 18.2 Å². The first-order valence-electron chi connectivity index (χ1n) is 11.6. The van der Waals surface area contributed by atoms with Crippen LogP contribution in [0.2, 0.25) is 0 Å². The Kier molecular flexibility index (Phi) is 6.96. The Morgan fingerprint density at radius 1 is 1.03 bits per heavy atom. The minimum Gasteiger partial charge on any atom is -0.481 e. The quantitative estimate of drug-likeness (QED) is 0.657. The van der Waals surface area contributed by atoms with Gasteiger partial charge < -0.3 is 14.7 Å². The molecular weight excluding hydrogens is 420 g/mol. The van der Waals surface area contributed by atoms with Crippen molar-refractivity contribution >= 4 is 23.7 Å². The average Bonchev–Trinajstić information content (AvgIpc) is 3.31. The Morgan fingerprint density at radius 2 is 1.76 bits per heavy atom. The van der Waals surface area contributed by atoms with Gasteiger partial charge in [-0.2, -0.15) is 0 Å². The lowest BCUT2D eigenvalue weighted by molar-refractivity contribution is -0.142. The lowest BCUT2D eigenvalue weighted by Gasteiger charge is -2.46. The second-order valence-electron chi connectivity index (χ2n) is 8.65. The maximum absolute atomic E-state index is 13.3. The zero-order valence-corrected chi connectivity index (χ0v) is 18.9. The number of carboxylic acids is 1. The maximum Gasteiger partial charge on any atom is 0.414 e. The zero-order valence-electron chi connectivity index (χ0n) is 18.9. The molecule has 0 radical (unpaired) electrons. The summed E-state index contributed by atoms with van der Waals surface area (Å²) in [6.45, 7) is 2.61. The molecule has 0 saturated heterocycles. The molecule has 4 rings (SSSR count). The van der Waals surface area contributed by atoms with Crippen LogP contribution in [0.25, 0.3) is 0 Å². The van der Waals surface area contributed by atoms with Gasteiger partial charge in [0.25, 0.3) is 0 Å². The molecule has 33 heavy (non-hydrogen) atoms. The van der Waals surface area contributed by atoms with Crippen molar-refractivity contribution in [3.05, 3.63) is 65.7 Å². The number of carbonyl (C=O) groups excluding carboxylic acids is 2. The van der Waals surface area contributed by atoms with Crippen molar-refractivity contribution in [3.63, 3.8) is 0 Å². The van der Waals surface area contributed by atoms with Gasteiger partial charge >= 0.3 is 12.1 Å². The molecule has 2 amide bonds. The van der Waals surface area contributed by atoms with Gasteiger partial charge in [-0.3, -0.25) is 14.5 Å². The van der Waals surface area contributed by atoms with E-state index in [0.717, 1.165) is 36.1 Å². The zero-order chi connectivity index (χ0) is 23.4.